The molecule has 1 aliphatic heterocycles. The Morgan fingerprint density at radius 2 is 1.63 bits per heavy atom. The Hall–Kier alpha value is -2.62. The lowest BCUT2D eigenvalue weighted by Crippen LogP contribution is -2.47. The largest absolute Gasteiger partial charge is 0.353 e. The highest BCUT2D eigenvalue weighted by molar-refractivity contribution is 5.87. The highest BCUT2D eigenvalue weighted by atomic mass is 16.2. The third-order valence-electron chi connectivity index (χ3n) is 6.28. The predicted molar refractivity (Wildman–Crippen MR) is 120 cm³/mol. The first-order valence-corrected chi connectivity index (χ1v) is 11.0. The van der Waals surface area contributed by atoms with Gasteiger partial charge in [-0.15, -0.1) is 0 Å². The first-order valence-electron chi connectivity index (χ1n) is 11.0. The van der Waals surface area contributed by atoms with Crippen LogP contribution >= 0.6 is 0 Å². The Morgan fingerprint density at radius 1 is 1.00 bits per heavy atom. The van der Waals surface area contributed by atoms with Gasteiger partial charge < -0.3 is 10.2 Å². The SMILES string of the molecule is CC(C)(C)C(=O)N1CCC(Cc2ccc(-c3ccccc3)cc2)(C(=O)NC2CC2)C1. The molecule has 1 atom stereocenters. The fraction of sp³-hybridized carbons (Fsp3) is 0.462. The van der Waals surface area contributed by atoms with E-state index in [1.54, 1.807) is 0 Å². The summed E-state index contributed by atoms with van der Waals surface area (Å²) in [6.45, 7) is 6.99. The molecule has 0 bridgehead atoms. The highest BCUT2D eigenvalue weighted by Crippen LogP contribution is 2.38. The van der Waals surface area contributed by atoms with Crippen molar-refractivity contribution in [1.82, 2.24) is 10.2 Å². The van der Waals surface area contributed by atoms with Crippen molar-refractivity contribution in [1.29, 1.82) is 0 Å². The van der Waals surface area contributed by atoms with Gasteiger partial charge in [0.25, 0.3) is 0 Å². The van der Waals surface area contributed by atoms with Gasteiger partial charge in [0.15, 0.2) is 0 Å². The lowest BCUT2D eigenvalue weighted by Gasteiger charge is -2.30. The molecule has 4 nitrogen and oxygen atoms in total. The second-order valence-corrected chi connectivity index (χ2v) is 9.99. The third-order valence-corrected chi connectivity index (χ3v) is 6.28. The lowest BCUT2D eigenvalue weighted by atomic mass is 9.79. The second kappa shape index (κ2) is 7.90. The number of rotatable bonds is 5. The molecular weight excluding hydrogens is 372 g/mol. The van der Waals surface area contributed by atoms with Crippen LogP contribution in [-0.2, 0) is 16.0 Å². The molecule has 30 heavy (non-hydrogen) atoms. The first kappa shape index (κ1) is 20.6. The molecule has 1 aliphatic carbocycles. The van der Waals surface area contributed by atoms with Gasteiger partial charge in [-0.25, -0.2) is 0 Å². The van der Waals surface area contributed by atoms with Crippen LogP contribution in [0.3, 0.4) is 0 Å². The molecule has 1 saturated heterocycles. The zero-order chi connectivity index (χ0) is 21.4. The summed E-state index contributed by atoms with van der Waals surface area (Å²) in [5.41, 5.74) is 2.53. The smallest absolute Gasteiger partial charge is 0.228 e. The zero-order valence-corrected chi connectivity index (χ0v) is 18.3. The Kier molecular flexibility index (Phi) is 5.44. The third kappa shape index (κ3) is 4.43. The van der Waals surface area contributed by atoms with Crippen molar-refractivity contribution in [2.24, 2.45) is 10.8 Å². The minimum absolute atomic E-state index is 0.112. The summed E-state index contributed by atoms with van der Waals surface area (Å²) in [5.74, 6) is 0.240. The molecule has 4 heteroatoms. The average Bonchev–Trinajstić information content (AvgIpc) is 3.44. The van der Waals surface area contributed by atoms with E-state index in [1.807, 2.05) is 43.9 Å². The fourth-order valence-corrected chi connectivity index (χ4v) is 4.33. The van der Waals surface area contributed by atoms with Gasteiger partial charge in [-0.05, 0) is 42.4 Å². The van der Waals surface area contributed by atoms with E-state index < -0.39 is 10.8 Å². The number of likely N-dealkylation sites (tertiary alicyclic amines) is 1. The molecule has 0 radical (unpaired) electrons. The molecule has 1 unspecified atom stereocenters. The number of nitrogens with zero attached hydrogens (tertiary/aromatic N) is 1. The quantitative estimate of drug-likeness (QED) is 0.801. The monoisotopic (exact) mass is 404 g/mol. The number of carbonyl (C=O) groups excluding carboxylic acids is 2. The predicted octanol–water partition coefficient (Wildman–Crippen LogP) is 4.44. The molecular formula is C26H32N2O2. The molecule has 2 fully saturated rings. The van der Waals surface area contributed by atoms with Crippen molar-refractivity contribution in [3.05, 3.63) is 60.2 Å². The van der Waals surface area contributed by atoms with Crippen LogP contribution in [0.25, 0.3) is 11.1 Å². The van der Waals surface area contributed by atoms with Gasteiger partial charge in [0.05, 0.1) is 5.41 Å². The number of nitrogens with one attached hydrogen (secondary N) is 1. The van der Waals surface area contributed by atoms with Crippen LogP contribution in [0.15, 0.2) is 54.6 Å². The van der Waals surface area contributed by atoms with Crippen molar-refractivity contribution in [2.45, 2.75) is 52.5 Å². The molecule has 2 aromatic carbocycles. The summed E-state index contributed by atoms with van der Waals surface area (Å²) in [4.78, 5) is 28.0. The van der Waals surface area contributed by atoms with Gasteiger partial charge in [0, 0.05) is 24.5 Å². The zero-order valence-electron chi connectivity index (χ0n) is 18.3. The molecule has 4 rings (SSSR count). The van der Waals surface area contributed by atoms with Crippen LogP contribution < -0.4 is 5.32 Å². The van der Waals surface area contributed by atoms with E-state index in [2.05, 4.69) is 41.7 Å². The Balaban J connectivity index is 1.55. The van der Waals surface area contributed by atoms with E-state index in [9.17, 15) is 9.59 Å². The molecule has 1 saturated carbocycles. The first-order chi connectivity index (χ1) is 14.3. The van der Waals surface area contributed by atoms with Gasteiger partial charge in [0.1, 0.15) is 0 Å². The molecule has 158 valence electrons. The molecule has 2 aromatic rings. The van der Waals surface area contributed by atoms with Gasteiger partial charge in [-0.3, -0.25) is 9.59 Å². The van der Waals surface area contributed by atoms with Crippen LogP contribution in [0.1, 0.15) is 45.6 Å². The lowest BCUT2D eigenvalue weighted by molar-refractivity contribution is -0.139. The maximum absolute atomic E-state index is 13.3. The maximum atomic E-state index is 13.3. The number of amides is 2. The van der Waals surface area contributed by atoms with E-state index in [-0.39, 0.29) is 11.8 Å². The molecule has 0 spiro atoms. The fourth-order valence-electron chi connectivity index (χ4n) is 4.33. The van der Waals surface area contributed by atoms with Crippen molar-refractivity contribution in [3.63, 3.8) is 0 Å². The summed E-state index contributed by atoms with van der Waals surface area (Å²) in [7, 11) is 0. The minimum atomic E-state index is -0.544. The maximum Gasteiger partial charge on any atom is 0.228 e. The van der Waals surface area contributed by atoms with Crippen molar-refractivity contribution < 1.29 is 9.59 Å². The van der Waals surface area contributed by atoms with E-state index in [0.29, 0.717) is 32.0 Å². The van der Waals surface area contributed by atoms with Crippen LogP contribution in [-0.4, -0.2) is 35.8 Å². The van der Waals surface area contributed by atoms with E-state index >= 15 is 0 Å². The van der Waals surface area contributed by atoms with E-state index in [1.165, 1.54) is 11.1 Å². The van der Waals surface area contributed by atoms with Crippen LogP contribution in [0.5, 0.6) is 0 Å². The molecule has 2 amide bonds. The van der Waals surface area contributed by atoms with Gasteiger partial charge in [-0.2, -0.15) is 0 Å². The van der Waals surface area contributed by atoms with Crippen molar-refractivity contribution in [3.8, 4) is 11.1 Å². The summed E-state index contributed by atoms with van der Waals surface area (Å²) in [6, 6.07) is 19.1. The standard InChI is InChI=1S/C26H32N2O2/c1-25(2,3)24(30)28-16-15-26(18-28,23(29)27-22-13-14-22)17-19-9-11-21(12-10-19)20-7-5-4-6-8-20/h4-12,22H,13-18H2,1-3H3,(H,27,29). The summed E-state index contributed by atoms with van der Waals surface area (Å²) in [5, 5.41) is 3.22. The average molecular weight is 405 g/mol. The van der Waals surface area contributed by atoms with Crippen molar-refractivity contribution >= 4 is 11.8 Å². The summed E-state index contributed by atoms with van der Waals surface area (Å²) < 4.78 is 0. The van der Waals surface area contributed by atoms with E-state index in [0.717, 1.165) is 18.4 Å². The summed E-state index contributed by atoms with van der Waals surface area (Å²) >= 11 is 0. The molecule has 1 N–H and O–H groups in total. The minimum Gasteiger partial charge on any atom is -0.353 e. The number of carbonyl (C=O) groups is 2. The second-order valence-electron chi connectivity index (χ2n) is 9.99. The Labute approximate surface area is 179 Å². The van der Waals surface area contributed by atoms with Gasteiger partial charge >= 0.3 is 0 Å². The number of hydrogen-bond donors (Lipinski definition) is 1. The molecule has 0 aromatic heterocycles. The van der Waals surface area contributed by atoms with Crippen LogP contribution in [0.2, 0.25) is 0 Å². The Morgan fingerprint density at radius 3 is 2.23 bits per heavy atom. The topological polar surface area (TPSA) is 49.4 Å². The van der Waals surface area contributed by atoms with Gasteiger partial charge in [-0.1, -0.05) is 75.4 Å². The van der Waals surface area contributed by atoms with Crippen LogP contribution in [0.4, 0.5) is 0 Å². The number of benzene rings is 2. The highest BCUT2D eigenvalue weighted by Gasteiger charge is 2.48. The summed E-state index contributed by atoms with van der Waals surface area (Å²) in [6.07, 6.45) is 3.51. The normalized spacial score (nSPS) is 21.5. The van der Waals surface area contributed by atoms with E-state index in [4.69, 9.17) is 0 Å². The molecule has 2 aliphatic rings. The van der Waals surface area contributed by atoms with Crippen LogP contribution in [0, 0.1) is 10.8 Å². The molecule has 1 heterocycles. The van der Waals surface area contributed by atoms with Crippen molar-refractivity contribution in [2.75, 3.05) is 13.1 Å². The number of hydrogen-bond acceptors (Lipinski definition) is 2. The Bertz CT molecular complexity index is 910. The van der Waals surface area contributed by atoms with Gasteiger partial charge in [0.2, 0.25) is 11.8 Å².